The van der Waals surface area contributed by atoms with E-state index in [1.807, 2.05) is 24.3 Å². The van der Waals surface area contributed by atoms with E-state index in [2.05, 4.69) is 28.1 Å². The van der Waals surface area contributed by atoms with Crippen LogP contribution in [-0.2, 0) is 6.42 Å². The van der Waals surface area contributed by atoms with Gasteiger partial charge in [-0.25, -0.2) is 0 Å². The first-order chi connectivity index (χ1) is 9.63. The van der Waals surface area contributed by atoms with Gasteiger partial charge in [0.15, 0.2) is 11.5 Å². The second kappa shape index (κ2) is 6.77. The van der Waals surface area contributed by atoms with Crippen molar-refractivity contribution in [3.8, 4) is 11.5 Å². The summed E-state index contributed by atoms with van der Waals surface area (Å²) in [4.78, 5) is 0. The molecule has 0 heterocycles. The van der Waals surface area contributed by atoms with Crippen LogP contribution < -0.4 is 10.5 Å². The molecule has 0 bridgehead atoms. The number of methoxy groups -OCH3 is 1. The van der Waals surface area contributed by atoms with E-state index in [0.717, 1.165) is 16.5 Å². The predicted octanol–water partition coefficient (Wildman–Crippen LogP) is 3.45. The van der Waals surface area contributed by atoms with E-state index in [0.29, 0.717) is 12.3 Å². The lowest BCUT2D eigenvalue weighted by atomic mass is 9.92. The maximum absolute atomic E-state index is 9.62. The van der Waals surface area contributed by atoms with Gasteiger partial charge < -0.3 is 15.6 Å². The van der Waals surface area contributed by atoms with Gasteiger partial charge in [0.2, 0.25) is 0 Å². The number of nitrogens with two attached hydrogens (primary N) is 1. The van der Waals surface area contributed by atoms with Crippen molar-refractivity contribution in [2.45, 2.75) is 12.3 Å². The lowest BCUT2D eigenvalue weighted by Crippen LogP contribution is -2.15. The summed E-state index contributed by atoms with van der Waals surface area (Å²) in [5, 5.41) is 9.62. The Morgan fingerprint density at radius 3 is 2.70 bits per heavy atom. The summed E-state index contributed by atoms with van der Waals surface area (Å²) in [5.74, 6) is 0.886. The van der Waals surface area contributed by atoms with Crippen LogP contribution in [0.4, 0.5) is 0 Å². The molecule has 0 saturated carbocycles. The first-order valence-corrected chi connectivity index (χ1v) is 7.24. The first kappa shape index (κ1) is 14.9. The summed E-state index contributed by atoms with van der Waals surface area (Å²) in [6.07, 6.45) is 0.809. The van der Waals surface area contributed by atoms with Gasteiger partial charge in [-0.1, -0.05) is 34.1 Å². The topological polar surface area (TPSA) is 55.5 Å². The van der Waals surface area contributed by atoms with Crippen molar-refractivity contribution >= 4 is 15.9 Å². The molecule has 20 heavy (non-hydrogen) atoms. The highest BCUT2D eigenvalue weighted by Gasteiger charge is 2.12. The fourth-order valence-corrected chi connectivity index (χ4v) is 2.65. The zero-order chi connectivity index (χ0) is 14.5. The van der Waals surface area contributed by atoms with Crippen LogP contribution in [0.2, 0.25) is 0 Å². The number of aromatic hydroxyl groups is 1. The van der Waals surface area contributed by atoms with Crippen LogP contribution in [0.5, 0.6) is 11.5 Å². The SMILES string of the molecule is COc1cc(CC(CN)c2cccc(Br)c2)ccc1O. The van der Waals surface area contributed by atoms with Crippen LogP contribution >= 0.6 is 15.9 Å². The van der Waals surface area contributed by atoms with E-state index in [1.165, 1.54) is 5.56 Å². The second-order valence-electron chi connectivity index (χ2n) is 4.70. The molecule has 0 aliphatic heterocycles. The van der Waals surface area contributed by atoms with E-state index in [1.54, 1.807) is 13.2 Å². The second-order valence-corrected chi connectivity index (χ2v) is 5.61. The minimum Gasteiger partial charge on any atom is -0.504 e. The van der Waals surface area contributed by atoms with Gasteiger partial charge in [-0.2, -0.15) is 0 Å². The summed E-state index contributed by atoms with van der Waals surface area (Å²) in [6.45, 7) is 0.569. The monoisotopic (exact) mass is 335 g/mol. The van der Waals surface area contributed by atoms with Crippen molar-refractivity contribution in [3.63, 3.8) is 0 Å². The zero-order valence-electron chi connectivity index (χ0n) is 11.3. The van der Waals surface area contributed by atoms with E-state index in [9.17, 15) is 5.11 Å². The van der Waals surface area contributed by atoms with Crippen LogP contribution in [0.1, 0.15) is 17.0 Å². The molecule has 0 fully saturated rings. The number of ether oxygens (including phenoxy) is 1. The average Bonchev–Trinajstić information content (AvgIpc) is 2.46. The molecule has 2 rings (SSSR count). The number of halogens is 1. The molecule has 0 aliphatic carbocycles. The molecule has 0 saturated heterocycles. The van der Waals surface area contributed by atoms with Crippen LogP contribution in [0, 0.1) is 0 Å². The van der Waals surface area contributed by atoms with Crippen molar-refractivity contribution in [1.29, 1.82) is 0 Å². The minimum absolute atomic E-state index is 0.156. The Hall–Kier alpha value is -1.52. The molecule has 2 aromatic rings. The Kier molecular flexibility index (Phi) is 5.04. The third-order valence-electron chi connectivity index (χ3n) is 3.33. The van der Waals surface area contributed by atoms with Crippen LogP contribution in [-0.4, -0.2) is 18.8 Å². The highest BCUT2D eigenvalue weighted by atomic mass is 79.9. The van der Waals surface area contributed by atoms with Crippen molar-refractivity contribution in [1.82, 2.24) is 0 Å². The maximum Gasteiger partial charge on any atom is 0.160 e. The van der Waals surface area contributed by atoms with Gasteiger partial charge in [-0.05, 0) is 48.4 Å². The summed E-state index contributed by atoms with van der Waals surface area (Å²) in [6, 6.07) is 13.6. The summed E-state index contributed by atoms with van der Waals surface area (Å²) >= 11 is 3.48. The normalized spacial score (nSPS) is 12.2. The van der Waals surface area contributed by atoms with E-state index >= 15 is 0 Å². The van der Waals surface area contributed by atoms with Crippen LogP contribution in [0.15, 0.2) is 46.9 Å². The fourth-order valence-electron chi connectivity index (χ4n) is 2.23. The molecule has 3 nitrogen and oxygen atoms in total. The summed E-state index contributed by atoms with van der Waals surface area (Å²) < 4.78 is 6.19. The van der Waals surface area contributed by atoms with Gasteiger partial charge in [0.05, 0.1) is 7.11 Å². The fraction of sp³-hybridized carbons (Fsp3) is 0.250. The third kappa shape index (κ3) is 3.52. The first-order valence-electron chi connectivity index (χ1n) is 6.45. The lowest BCUT2D eigenvalue weighted by molar-refractivity contribution is 0.373. The van der Waals surface area contributed by atoms with Crippen molar-refractivity contribution < 1.29 is 9.84 Å². The molecule has 4 heteroatoms. The number of hydrogen-bond donors (Lipinski definition) is 2. The Morgan fingerprint density at radius 2 is 2.05 bits per heavy atom. The molecule has 106 valence electrons. The van der Waals surface area contributed by atoms with Gasteiger partial charge in [0, 0.05) is 10.4 Å². The molecule has 0 radical (unpaired) electrons. The minimum atomic E-state index is 0.156. The smallest absolute Gasteiger partial charge is 0.160 e. The van der Waals surface area contributed by atoms with Gasteiger partial charge >= 0.3 is 0 Å². The Balaban J connectivity index is 2.22. The molecule has 0 aromatic heterocycles. The molecule has 0 aliphatic rings. The molecule has 0 spiro atoms. The van der Waals surface area contributed by atoms with Crippen molar-refractivity contribution in [3.05, 3.63) is 58.1 Å². The zero-order valence-corrected chi connectivity index (χ0v) is 12.9. The number of phenols is 1. The van der Waals surface area contributed by atoms with Gasteiger partial charge in [-0.3, -0.25) is 0 Å². The Morgan fingerprint density at radius 1 is 1.25 bits per heavy atom. The summed E-state index contributed by atoms with van der Waals surface area (Å²) in [5.41, 5.74) is 8.20. The molecular weight excluding hydrogens is 318 g/mol. The van der Waals surface area contributed by atoms with Crippen molar-refractivity contribution in [2.24, 2.45) is 5.73 Å². The maximum atomic E-state index is 9.62. The van der Waals surface area contributed by atoms with E-state index < -0.39 is 0 Å². The summed E-state index contributed by atoms with van der Waals surface area (Å²) in [7, 11) is 1.55. The lowest BCUT2D eigenvalue weighted by Gasteiger charge is -2.16. The van der Waals surface area contributed by atoms with Crippen molar-refractivity contribution in [2.75, 3.05) is 13.7 Å². The molecule has 1 unspecified atom stereocenters. The molecule has 3 N–H and O–H groups in total. The molecule has 1 atom stereocenters. The molecule has 2 aromatic carbocycles. The van der Waals surface area contributed by atoms with Gasteiger partial charge in [0.1, 0.15) is 0 Å². The largest absolute Gasteiger partial charge is 0.504 e. The highest BCUT2D eigenvalue weighted by Crippen LogP contribution is 2.29. The molecular formula is C16H18BrNO2. The quantitative estimate of drug-likeness (QED) is 0.879. The Bertz CT molecular complexity index is 586. The van der Waals surface area contributed by atoms with E-state index in [4.69, 9.17) is 10.5 Å². The van der Waals surface area contributed by atoms with Gasteiger partial charge in [0.25, 0.3) is 0 Å². The van der Waals surface area contributed by atoms with E-state index in [-0.39, 0.29) is 11.7 Å². The predicted molar refractivity (Wildman–Crippen MR) is 84.3 cm³/mol. The highest BCUT2D eigenvalue weighted by molar-refractivity contribution is 9.10. The number of rotatable bonds is 5. The molecule has 0 amide bonds. The van der Waals surface area contributed by atoms with Gasteiger partial charge in [-0.15, -0.1) is 0 Å². The average molecular weight is 336 g/mol. The standard InChI is InChI=1S/C16H18BrNO2/c1-20-16-8-11(5-6-15(16)19)7-13(10-18)12-3-2-4-14(17)9-12/h2-6,8-9,13,19H,7,10,18H2,1H3. The number of hydrogen-bond acceptors (Lipinski definition) is 3. The van der Waals surface area contributed by atoms with Crippen LogP contribution in [0.25, 0.3) is 0 Å². The number of benzene rings is 2. The van der Waals surface area contributed by atoms with Crippen LogP contribution in [0.3, 0.4) is 0 Å². The number of phenolic OH excluding ortho intramolecular Hbond substituents is 1. The Labute approximate surface area is 127 Å². The third-order valence-corrected chi connectivity index (χ3v) is 3.82.